The highest BCUT2D eigenvalue weighted by molar-refractivity contribution is 5.92. The van der Waals surface area contributed by atoms with Crippen molar-refractivity contribution in [3.8, 4) is 0 Å². The number of carbonyl (C=O) groups is 2. The third-order valence-electron chi connectivity index (χ3n) is 9.55. The molecule has 2 bridgehead atoms. The molecule has 2 aromatic rings. The average molecular weight is 522 g/mol. The van der Waals surface area contributed by atoms with E-state index in [0.29, 0.717) is 31.8 Å². The highest BCUT2D eigenvalue weighted by Crippen LogP contribution is 2.43. The van der Waals surface area contributed by atoms with Crippen LogP contribution in [-0.4, -0.2) is 81.4 Å². The van der Waals surface area contributed by atoms with E-state index in [1.165, 1.54) is 30.2 Å². The summed E-state index contributed by atoms with van der Waals surface area (Å²) in [6, 6.07) is 9.67. The molecule has 0 N–H and O–H groups in total. The molecule has 3 fully saturated rings. The molecule has 1 spiro atoms. The van der Waals surface area contributed by atoms with E-state index >= 15 is 0 Å². The summed E-state index contributed by atoms with van der Waals surface area (Å²) in [4.78, 5) is 32.9. The fraction of sp³-hybridized carbons (Fsp3) is 0.655. The van der Waals surface area contributed by atoms with Gasteiger partial charge in [0.1, 0.15) is 6.20 Å². The van der Waals surface area contributed by atoms with Crippen molar-refractivity contribution in [3.05, 3.63) is 47.3 Å². The summed E-state index contributed by atoms with van der Waals surface area (Å²) < 4.78 is 10.2. The van der Waals surface area contributed by atoms with Crippen LogP contribution in [0.3, 0.4) is 0 Å². The summed E-state index contributed by atoms with van der Waals surface area (Å²) in [5, 5.41) is 7.44. The number of benzene rings is 1. The summed E-state index contributed by atoms with van der Waals surface area (Å²) in [5.74, 6) is -0.117. The highest BCUT2D eigenvalue weighted by Gasteiger charge is 2.46. The maximum absolute atomic E-state index is 13.2. The van der Waals surface area contributed by atoms with Crippen LogP contribution in [0.1, 0.15) is 86.3 Å². The van der Waals surface area contributed by atoms with Crippen molar-refractivity contribution in [2.24, 2.45) is 0 Å². The van der Waals surface area contributed by atoms with Gasteiger partial charge in [0, 0.05) is 36.6 Å². The molecule has 0 saturated carbocycles. The minimum Gasteiger partial charge on any atom is -0.450 e. The first-order valence-corrected chi connectivity index (χ1v) is 14.4. The number of fused-ring (bicyclic) bond motifs is 4. The van der Waals surface area contributed by atoms with E-state index in [0.717, 1.165) is 58.0 Å². The Balaban J connectivity index is 1.19. The smallest absolute Gasteiger partial charge is 0.410 e. The third kappa shape index (κ3) is 4.70. The monoisotopic (exact) mass is 521 g/mol. The van der Waals surface area contributed by atoms with Gasteiger partial charge in [-0.25, -0.2) is 9.42 Å². The average Bonchev–Trinajstić information content (AvgIpc) is 3.33. The molecule has 6 rings (SSSR count). The molecule has 1 aromatic carbocycles. The van der Waals surface area contributed by atoms with Gasteiger partial charge < -0.3 is 19.4 Å². The van der Waals surface area contributed by atoms with Crippen molar-refractivity contribution in [2.45, 2.75) is 94.8 Å². The lowest BCUT2D eigenvalue weighted by atomic mass is 9.68. The second-order valence-corrected chi connectivity index (χ2v) is 11.6. The lowest BCUT2D eigenvalue weighted by Crippen LogP contribution is -2.55. The van der Waals surface area contributed by atoms with Gasteiger partial charge in [-0.15, -0.1) is 0 Å². The van der Waals surface area contributed by atoms with Crippen molar-refractivity contribution >= 4 is 12.0 Å². The Hall–Kier alpha value is -2.94. The number of likely N-dealkylation sites (tertiary alicyclic amines) is 1. The first-order chi connectivity index (χ1) is 18.6. The molecule has 4 aliphatic heterocycles. The Bertz CT molecular complexity index is 1130. The molecule has 204 valence electrons. The Labute approximate surface area is 224 Å². The number of nitrogens with zero attached hydrogens (tertiary/aromatic N) is 5. The number of amides is 2. The van der Waals surface area contributed by atoms with Crippen molar-refractivity contribution in [1.82, 2.24) is 25.0 Å². The Morgan fingerprint density at radius 2 is 1.82 bits per heavy atom. The van der Waals surface area contributed by atoms with Gasteiger partial charge in [0.15, 0.2) is 5.69 Å². The fourth-order valence-electron chi connectivity index (χ4n) is 7.69. The van der Waals surface area contributed by atoms with Crippen molar-refractivity contribution in [3.63, 3.8) is 0 Å². The molecule has 2 amide bonds. The molecule has 9 nitrogen and oxygen atoms in total. The standard InChI is InChI=1S/C29H39N5O4/c1-2-37-28(36)34-22-8-4-5-9-24(34)17-23(12-11-22)32-15-13-29(14-16-32)20-33(27(35)26-18-30-38-31-26)19-21-7-3-6-10-25(21)29/h3,6-7,10,18,22-24H,2,4-5,8-9,11-17,19-20H2,1H3. The zero-order chi connectivity index (χ0) is 26.1. The number of ether oxygens (including phenoxy) is 1. The molecule has 3 unspecified atom stereocenters. The maximum Gasteiger partial charge on any atom is 0.410 e. The van der Waals surface area contributed by atoms with Crippen LogP contribution in [0.2, 0.25) is 0 Å². The zero-order valence-corrected chi connectivity index (χ0v) is 22.4. The number of piperidine rings is 1. The SMILES string of the molecule is CCOC(=O)N1C2CCCCC1CC(N1CCC3(CC1)CN(C(=O)c1cnon1)Cc1ccccc13)CC2. The van der Waals surface area contributed by atoms with Gasteiger partial charge in [0.05, 0.1) is 6.61 Å². The van der Waals surface area contributed by atoms with Gasteiger partial charge in [0.2, 0.25) is 0 Å². The molecule has 5 heterocycles. The summed E-state index contributed by atoms with van der Waals surface area (Å²) in [6.45, 7) is 5.61. The second-order valence-electron chi connectivity index (χ2n) is 11.6. The van der Waals surface area contributed by atoms with E-state index < -0.39 is 0 Å². The van der Waals surface area contributed by atoms with Crippen LogP contribution in [0.25, 0.3) is 0 Å². The molecule has 38 heavy (non-hydrogen) atoms. The normalized spacial score (nSPS) is 27.3. The van der Waals surface area contributed by atoms with Crippen LogP contribution < -0.4 is 0 Å². The van der Waals surface area contributed by atoms with Gasteiger partial charge >= 0.3 is 6.09 Å². The van der Waals surface area contributed by atoms with E-state index in [9.17, 15) is 9.59 Å². The van der Waals surface area contributed by atoms with Crippen LogP contribution in [0.5, 0.6) is 0 Å². The maximum atomic E-state index is 13.2. The predicted molar refractivity (Wildman–Crippen MR) is 141 cm³/mol. The van der Waals surface area contributed by atoms with E-state index in [1.807, 2.05) is 11.8 Å². The first kappa shape index (κ1) is 25.3. The van der Waals surface area contributed by atoms with Crippen LogP contribution >= 0.6 is 0 Å². The number of aromatic nitrogens is 2. The van der Waals surface area contributed by atoms with Gasteiger partial charge in [-0.05, 0) is 81.2 Å². The Morgan fingerprint density at radius 3 is 2.58 bits per heavy atom. The largest absolute Gasteiger partial charge is 0.450 e. The van der Waals surface area contributed by atoms with Crippen molar-refractivity contribution in [2.75, 3.05) is 26.2 Å². The van der Waals surface area contributed by atoms with E-state index in [1.54, 1.807) is 0 Å². The number of hydrogen-bond acceptors (Lipinski definition) is 7. The summed E-state index contributed by atoms with van der Waals surface area (Å²) in [6.07, 6.45) is 11.1. The number of hydrogen-bond donors (Lipinski definition) is 0. The zero-order valence-electron chi connectivity index (χ0n) is 22.4. The molecule has 3 saturated heterocycles. The topological polar surface area (TPSA) is 92.0 Å². The molecule has 0 radical (unpaired) electrons. The molecular weight excluding hydrogens is 482 g/mol. The number of rotatable bonds is 3. The van der Waals surface area contributed by atoms with Crippen LogP contribution in [0, 0.1) is 0 Å². The van der Waals surface area contributed by atoms with Crippen LogP contribution in [0.4, 0.5) is 4.79 Å². The predicted octanol–water partition coefficient (Wildman–Crippen LogP) is 4.38. The Morgan fingerprint density at radius 1 is 1.05 bits per heavy atom. The molecule has 1 aromatic heterocycles. The van der Waals surface area contributed by atoms with Gasteiger partial charge in [-0.3, -0.25) is 4.79 Å². The number of carbonyl (C=O) groups excluding carboxylic acids is 2. The van der Waals surface area contributed by atoms with Crippen LogP contribution in [-0.2, 0) is 16.7 Å². The molecule has 3 atom stereocenters. The van der Waals surface area contributed by atoms with E-state index in [-0.39, 0.29) is 29.2 Å². The molecule has 9 heteroatoms. The second kappa shape index (κ2) is 10.7. The molecule has 0 aliphatic carbocycles. The third-order valence-corrected chi connectivity index (χ3v) is 9.55. The lowest BCUT2D eigenvalue weighted by molar-refractivity contribution is 0.0464. The Kier molecular flexibility index (Phi) is 7.12. The quantitative estimate of drug-likeness (QED) is 0.592. The van der Waals surface area contributed by atoms with Gasteiger partial charge in [-0.2, -0.15) is 0 Å². The van der Waals surface area contributed by atoms with Crippen molar-refractivity contribution < 1.29 is 19.0 Å². The molecular formula is C29H39N5O4. The fourth-order valence-corrected chi connectivity index (χ4v) is 7.69. The minimum absolute atomic E-state index is 0.0623. The van der Waals surface area contributed by atoms with Crippen LogP contribution in [0.15, 0.2) is 35.1 Å². The van der Waals surface area contributed by atoms with E-state index in [4.69, 9.17) is 9.37 Å². The summed E-state index contributed by atoms with van der Waals surface area (Å²) in [5.41, 5.74) is 2.82. The van der Waals surface area contributed by atoms with E-state index in [2.05, 4.69) is 44.4 Å². The van der Waals surface area contributed by atoms with Gasteiger partial charge in [0.25, 0.3) is 5.91 Å². The minimum atomic E-state index is -0.117. The lowest BCUT2D eigenvalue weighted by Gasteiger charge is -2.50. The van der Waals surface area contributed by atoms with Gasteiger partial charge in [-0.1, -0.05) is 42.3 Å². The highest BCUT2D eigenvalue weighted by atomic mass is 16.6. The molecule has 4 aliphatic rings. The summed E-state index contributed by atoms with van der Waals surface area (Å²) >= 11 is 0. The first-order valence-electron chi connectivity index (χ1n) is 14.4. The van der Waals surface area contributed by atoms with Crippen molar-refractivity contribution in [1.29, 1.82) is 0 Å². The summed E-state index contributed by atoms with van der Waals surface area (Å²) in [7, 11) is 0.